The van der Waals surface area contributed by atoms with Crippen molar-refractivity contribution in [3.63, 3.8) is 0 Å². The van der Waals surface area contributed by atoms with E-state index in [0.29, 0.717) is 13.1 Å². The topological polar surface area (TPSA) is 60.8 Å². The van der Waals surface area contributed by atoms with Gasteiger partial charge in [-0.15, -0.1) is 11.3 Å². The Morgan fingerprint density at radius 1 is 1.22 bits per heavy atom. The average Bonchev–Trinajstić information content (AvgIpc) is 3.08. The van der Waals surface area contributed by atoms with Crippen molar-refractivity contribution in [1.29, 1.82) is 0 Å². The van der Waals surface area contributed by atoms with Gasteiger partial charge in [-0.2, -0.15) is 0 Å². The van der Waals surface area contributed by atoms with E-state index in [1.165, 1.54) is 4.70 Å². The predicted octanol–water partition coefficient (Wildman–Crippen LogP) is 2.99. The smallest absolute Gasteiger partial charge is 0.242 e. The van der Waals surface area contributed by atoms with Crippen LogP contribution in [-0.4, -0.2) is 66.4 Å². The number of aliphatic imine (C=N–C) groups is 1. The molecule has 1 heterocycles. The number of nitrogens with one attached hydrogen (secondary N) is 1. The first-order valence-electron chi connectivity index (χ1n) is 9.70. The number of likely N-dealkylation sites (N-methyl/N-ethyl adjacent to an activating group) is 2. The van der Waals surface area contributed by atoms with Crippen LogP contribution in [0.1, 0.15) is 32.2 Å². The molecular formula is C20H31N5OS. The maximum atomic E-state index is 12.3. The molecule has 0 bridgehead atoms. The van der Waals surface area contributed by atoms with E-state index < -0.39 is 0 Å². The summed E-state index contributed by atoms with van der Waals surface area (Å²) in [5.41, 5.74) is 1.07. The molecule has 1 aromatic heterocycles. The number of para-hydroxylation sites is 1. The zero-order chi connectivity index (χ0) is 19.6. The molecule has 0 saturated carbocycles. The standard InChI is InChI=1S/C20H31N5OS/c1-5-21-20(24(4)15-19(26)25(6-2)7-3)22-14-10-13-18-23-16-11-8-9-12-17(16)27-18/h8-9,11-12H,5-7,10,13-15H2,1-4H3,(H,21,22). The van der Waals surface area contributed by atoms with Crippen LogP contribution in [0.2, 0.25) is 0 Å². The van der Waals surface area contributed by atoms with Gasteiger partial charge < -0.3 is 15.1 Å². The maximum absolute atomic E-state index is 12.3. The number of benzene rings is 1. The van der Waals surface area contributed by atoms with E-state index in [-0.39, 0.29) is 5.91 Å². The van der Waals surface area contributed by atoms with Gasteiger partial charge in [0.1, 0.15) is 0 Å². The van der Waals surface area contributed by atoms with Crippen molar-refractivity contribution in [2.75, 3.05) is 39.8 Å². The van der Waals surface area contributed by atoms with Crippen molar-refractivity contribution in [1.82, 2.24) is 20.1 Å². The van der Waals surface area contributed by atoms with E-state index in [4.69, 9.17) is 0 Å². The molecule has 2 aromatic rings. The number of carbonyl (C=O) groups is 1. The van der Waals surface area contributed by atoms with Crippen LogP contribution in [-0.2, 0) is 11.2 Å². The lowest BCUT2D eigenvalue weighted by Crippen LogP contribution is -2.45. The Kier molecular flexibility index (Phi) is 8.51. The lowest BCUT2D eigenvalue weighted by molar-refractivity contribution is -0.131. The van der Waals surface area contributed by atoms with Crippen LogP contribution < -0.4 is 5.32 Å². The number of amides is 1. The van der Waals surface area contributed by atoms with Gasteiger partial charge in [0.15, 0.2) is 5.96 Å². The van der Waals surface area contributed by atoms with Crippen molar-refractivity contribution in [2.24, 2.45) is 4.99 Å². The van der Waals surface area contributed by atoms with Crippen LogP contribution in [0.5, 0.6) is 0 Å². The van der Waals surface area contributed by atoms with E-state index in [9.17, 15) is 4.79 Å². The lowest BCUT2D eigenvalue weighted by atomic mass is 10.3. The molecule has 0 radical (unpaired) electrons. The highest BCUT2D eigenvalue weighted by Gasteiger charge is 2.14. The summed E-state index contributed by atoms with van der Waals surface area (Å²) in [6, 6.07) is 8.24. The van der Waals surface area contributed by atoms with Crippen LogP contribution in [0, 0.1) is 0 Å². The second-order valence-electron chi connectivity index (χ2n) is 6.34. The third-order valence-corrected chi connectivity index (χ3v) is 5.43. The Bertz CT molecular complexity index is 721. The molecule has 148 valence electrons. The number of rotatable bonds is 9. The van der Waals surface area contributed by atoms with Crippen LogP contribution in [0.25, 0.3) is 10.2 Å². The zero-order valence-electron chi connectivity index (χ0n) is 16.9. The quantitative estimate of drug-likeness (QED) is 0.407. The molecule has 1 amide bonds. The minimum absolute atomic E-state index is 0.127. The number of aromatic nitrogens is 1. The fourth-order valence-electron chi connectivity index (χ4n) is 2.87. The third-order valence-electron chi connectivity index (χ3n) is 4.33. The average molecular weight is 390 g/mol. The van der Waals surface area contributed by atoms with Crippen molar-refractivity contribution in [2.45, 2.75) is 33.6 Å². The van der Waals surface area contributed by atoms with Gasteiger partial charge in [-0.3, -0.25) is 9.79 Å². The van der Waals surface area contributed by atoms with Crippen LogP contribution in [0.3, 0.4) is 0 Å². The first-order chi connectivity index (χ1) is 13.1. The second kappa shape index (κ2) is 10.9. The van der Waals surface area contributed by atoms with Gasteiger partial charge in [-0.1, -0.05) is 12.1 Å². The van der Waals surface area contributed by atoms with Crippen LogP contribution in [0.15, 0.2) is 29.3 Å². The van der Waals surface area contributed by atoms with Crippen molar-refractivity contribution in [3.8, 4) is 0 Å². The molecule has 2 rings (SSSR count). The number of nitrogens with zero attached hydrogens (tertiary/aromatic N) is 4. The third kappa shape index (κ3) is 6.20. The van der Waals surface area contributed by atoms with Gasteiger partial charge >= 0.3 is 0 Å². The molecule has 1 aromatic carbocycles. The summed E-state index contributed by atoms with van der Waals surface area (Å²) in [7, 11) is 1.91. The second-order valence-corrected chi connectivity index (χ2v) is 7.45. The Labute approximate surface area is 166 Å². The molecule has 0 aliphatic carbocycles. The summed E-state index contributed by atoms with van der Waals surface area (Å²) < 4.78 is 1.24. The fraction of sp³-hybridized carbons (Fsp3) is 0.550. The minimum atomic E-state index is 0.127. The van der Waals surface area contributed by atoms with E-state index in [1.807, 2.05) is 49.8 Å². The molecule has 0 unspecified atom stereocenters. The van der Waals surface area contributed by atoms with Gasteiger partial charge in [0, 0.05) is 39.6 Å². The van der Waals surface area contributed by atoms with Gasteiger partial charge in [-0.25, -0.2) is 4.98 Å². The largest absolute Gasteiger partial charge is 0.357 e. The lowest BCUT2D eigenvalue weighted by Gasteiger charge is -2.25. The summed E-state index contributed by atoms with van der Waals surface area (Å²) in [5, 5.41) is 4.43. The van der Waals surface area contributed by atoms with E-state index in [1.54, 1.807) is 11.3 Å². The molecule has 0 fully saturated rings. The number of thiazole rings is 1. The normalized spacial score (nSPS) is 11.6. The van der Waals surface area contributed by atoms with Gasteiger partial charge in [0.05, 0.1) is 21.8 Å². The summed E-state index contributed by atoms with van der Waals surface area (Å²) >= 11 is 1.75. The monoisotopic (exact) mass is 389 g/mol. The molecule has 6 nitrogen and oxygen atoms in total. The Hall–Kier alpha value is -2.15. The highest BCUT2D eigenvalue weighted by Crippen LogP contribution is 2.22. The van der Waals surface area contributed by atoms with E-state index >= 15 is 0 Å². The number of fused-ring (bicyclic) bond motifs is 1. The molecule has 27 heavy (non-hydrogen) atoms. The highest BCUT2D eigenvalue weighted by molar-refractivity contribution is 7.18. The highest BCUT2D eigenvalue weighted by atomic mass is 32.1. The van der Waals surface area contributed by atoms with Gasteiger partial charge in [-0.05, 0) is 39.3 Å². The van der Waals surface area contributed by atoms with Gasteiger partial charge in [0.2, 0.25) is 5.91 Å². The predicted molar refractivity (Wildman–Crippen MR) is 114 cm³/mol. The molecule has 7 heteroatoms. The first-order valence-corrected chi connectivity index (χ1v) is 10.5. The molecular weight excluding hydrogens is 358 g/mol. The summed E-state index contributed by atoms with van der Waals surface area (Å²) in [6.45, 7) is 9.34. The van der Waals surface area contributed by atoms with Gasteiger partial charge in [0.25, 0.3) is 0 Å². The fourth-order valence-corrected chi connectivity index (χ4v) is 3.87. The molecule has 0 aliphatic rings. The van der Waals surface area contributed by atoms with E-state index in [2.05, 4.69) is 27.4 Å². The first kappa shape index (κ1) is 21.2. The summed E-state index contributed by atoms with van der Waals surface area (Å²) in [6.07, 6.45) is 1.86. The number of hydrogen-bond acceptors (Lipinski definition) is 4. The van der Waals surface area contributed by atoms with Crippen LogP contribution in [0.4, 0.5) is 0 Å². The summed E-state index contributed by atoms with van der Waals surface area (Å²) in [5.74, 6) is 0.907. The van der Waals surface area contributed by atoms with Crippen LogP contribution >= 0.6 is 11.3 Å². The van der Waals surface area contributed by atoms with E-state index in [0.717, 1.165) is 49.0 Å². The van der Waals surface area contributed by atoms with Crippen molar-refractivity contribution in [3.05, 3.63) is 29.3 Å². The Morgan fingerprint density at radius 2 is 1.96 bits per heavy atom. The minimum Gasteiger partial charge on any atom is -0.357 e. The molecule has 1 N–H and O–H groups in total. The van der Waals surface area contributed by atoms with Crippen molar-refractivity contribution < 1.29 is 4.79 Å². The number of hydrogen-bond donors (Lipinski definition) is 1. The molecule has 0 saturated heterocycles. The zero-order valence-corrected chi connectivity index (χ0v) is 17.7. The molecule has 0 spiro atoms. The van der Waals surface area contributed by atoms with Crippen molar-refractivity contribution >= 4 is 33.4 Å². The summed E-state index contributed by atoms with van der Waals surface area (Å²) in [4.78, 5) is 25.4. The maximum Gasteiger partial charge on any atom is 0.242 e. The Balaban J connectivity index is 1.89. The molecule has 0 atom stereocenters. The molecule has 0 aliphatic heterocycles. The SMILES string of the molecule is CCNC(=NCCCc1nc2ccccc2s1)N(C)CC(=O)N(CC)CC. The Morgan fingerprint density at radius 3 is 2.63 bits per heavy atom. The number of carbonyl (C=O) groups excluding carboxylic acids is 1. The number of guanidine groups is 1. The number of aryl methyl sites for hydroxylation is 1.